The number of nitrogen functional groups attached to an aromatic ring is 1. The molecule has 6 heteroatoms. The molecule has 1 saturated carbocycles. The zero-order chi connectivity index (χ0) is 13.8. The maximum Gasteiger partial charge on any atom is 0.165 e. The predicted octanol–water partition coefficient (Wildman–Crippen LogP) is 2.01. The summed E-state index contributed by atoms with van der Waals surface area (Å²) in [6, 6.07) is 0. The molecule has 2 aromatic heterocycles. The molecule has 0 unspecified atom stereocenters. The van der Waals surface area contributed by atoms with E-state index in [1.807, 2.05) is 4.57 Å². The van der Waals surface area contributed by atoms with Gasteiger partial charge in [-0.2, -0.15) is 0 Å². The van der Waals surface area contributed by atoms with Crippen LogP contribution in [0.25, 0.3) is 11.2 Å². The van der Waals surface area contributed by atoms with Crippen molar-refractivity contribution >= 4 is 17.0 Å². The third kappa shape index (κ3) is 2.90. The van der Waals surface area contributed by atoms with Crippen LogP contribution < -0.4 is 5.73 Å². The van der Waals surface area contributed by atoms with Crippen LogP contribution in [0.1, 0.15) is 32.1 Å². The highest BCUT2D eigenvalue weighted by Gasteiger charge is 2.16. The minimum absolute atomic E-state index is 0.436. The van der Waals surface area contributed by atoms with Gasteiger partial charge in [0.2, 0.25) is 0 Å². The van der Waals surface area contributed by atoms with Crippen molar-refractivity contribution in [1.29, 1.82) is 0 Å². The zero-order valence-electron chi connectivity index (χ0n) is 11.7. The Balaban J connectivity index is 1.42. The third-order valence-electron chi connectivity index (χ3n) is 4.01. The minimum Gasteiger partial charge on any atom is -0.382 e. The van der Waals surface area contributed by atoms with Gasteiger partial charge < -0.3 is 15.0 Å². The summed E-state index contributed by atoms with van der Waals surface area (Å²) < 4.78 is 7.69. The van der Waals surface area contributed by atoms with Crippen LogP contribution in [0.3, 0.4) is 0 Å². The van der Waals surface area contributed by atoms with Crippen LogP contribution in [0.5, 0.6) is 0 Å². The summed E-state index contributed by atoms with van der Waals surface area (Å²) in [5.74, 6) is 1.36. The number of fused-ring (bicyclic) bond motifs is 1. The Bertz CT molecular complexity index is 564. The fourth-order valence-electron chi connectivity index (χ4n) is 2.53. The molecule has 1 fully saturated rings. The number of rotatable bonds is 7. The van der Waals surface area contributed by atoms with Crippen LogP contribution >= 0.6 is 0 Å². The normalized spacial score (nSPS) is 15.6. The lowest BCUT2D eigenvalue weighted by molar-refractivity contribution is 0.103. The number of aromatic nitrogens is 4. The van der Waals surface area contributed by atoms with Gasteiger partial charge >= 0.3 is 0 Å². The fraction of sp³-hybridized carbons (Fsp3) is 0.643. The van der Waals surface area contributed by atoms with Crippen LogP contribution in [-0.4, -0.2) is 32.7 Å². The number of nitrogens with zero attached hydrogens (tertiary/aromatic N) is 4. The smallest absolute Gasteiger partial charge is 0.165 e. The van der Waals surface area contributed by atoms with Crippen molar-refractivity contribution in [3.8, 4) is 0 Å². The summed E-state index contributed by atoms with van der Waals surface area (Å²) in [6.07, 6.45) is 9.62. The largest absolute Gasteiger partial charge is 0.382 e. The molecule has 0 aromatic carbocycles. The van der Waals surface area contributed by atoms with Crippen LogP contribution in [0, 0.1) is 5.92 Å². The van der Waals surface area contributed by atoms with Crippen molar-refractivity contribution in [2.75, 3.05) is 18.9 Å². The van der Waals surface area contributed by atoms with Crippen molar-refractivity contribution in [2.24, 2.45) is 5.92 Å². The van der Waals surface area contributed by atoms with E-state index in [4.69, 9.17) is 10.5 Å². The number of hydrogen-bond donors (Lipinski definition) is 1. The second-order valence-corrected chi connectivity index (χ2v) is 5.42. The highest BCUT2D eigenvalue weighted by Crippen LogP contribution is 2.29. The second-order valence-electron chi connectivity index (χ2n) is 5.42. The van der Waals surface area contributed by atoms with Crippen molar-refractivity contribution in [3.05, 3.63) is 12.7 Å². The quantitative estimate of drug-likeness (QED) is 0.782. The lowest BCUT2D eigenvalue weighted by Crippen LogP contribution is -2.14. The Labute approximate surface area is 118 Å². The molecule has 0 saturated heterocycles. The van der Waals surface area contributed by atoms with Gasteiger partial charge in [-0.3, -0.25) is 0 Å². The maximum atomic E-state index is 5.76. The minimum atomic E-state index is 0.436. The number of anilines is 1. The van der Waals surface area contributed by atoms with Gasteiger partial charge in [0.1, 0.15) is 11.8 Å². The molecule has 0 spiro atoms. The summed E-state index contributed by atoms with van der Waals surface area (Å²) in [6.45, 7) is 2.52. The van der Waals surface area contributed by atoms with Gasteiger partial charge in [0, 0.05) is 19.8 Å². The molecule has 2 aromatic rings. The van der Waals surface area contributed by atoms with Gasteiger partial charge in [-0.05, 0) is 18.8 Å². The molecule has 0 radical (unpaired) electrons. The summed E-state index contributed by atoms with van der Waals surface area (Å²) in [5.41, 5.74) is 7.24. The average molecular weight is 275 g/mol. The van der Waals surface area contributed by atoms with E-state index in [9.17, 15) is 0 Å². The Morgan fingerprint density at radius 1 is 1.25 bits per heavy atom. The molecular weight excluding hydrogens is 254 g/mol. The second kappa shape index (κ2) is 6.17. The van der Waals surface area contributed by atoms with E-state index in [0.717, 1.165) is 37.7 Å². The first-order chi connectivity index (χ1) is 9.84. The van der Waals surface area contributed by atoms with Crippen molar-refractivity contribution in [2.45, 2.75) is 38.6 Å². The SMILES string of the molecule is Nc1ncnc2c1ncn2CCCOCCC1CCC1. The first-order valence-corrected chi connectivity index (χ1v) is 7.33. The molecular formula is C14H21N5O. The lowest BCUT2D eigenvalue weighted by atomic mass is 9.83. The van der Waals surface area contributed by atoms with Gasteiger partial charge in [-0.25, -0.2) is 15.0 Å². The third-order valence-corrected chi connectivity index (χ3v) is 4.01. The average Bonchev–Trinajstić information content (AvgIpc) is 2.80. The molecule has 6 nitrogen and oxygen atoms in total. The van der Waals surface area contributed by atoms with Crippen molar-refractivity contribution in [3.63, 3.8) is 0 Å². The molecule has 2 heterocycles. The molecule has 0 bridgehead atoms. The molecule has 0 atom stereocenters. The highest BCUT2D eigenvalue weighted by atomic mass is 16.5. The van der Waals surface area contributed by atoms with E-state index in [1.54, 1.807) is 6.33 Å². The van der Waals surface area contributed by atoms with Crippen LogP contribution in [0.4, 0.5) is 5.82 Å². The lowest BCUT2D eigenvalue weighted by Gasteiger charge is -2.24. The van der Waals surface area contributed by atoms with E-state index in [2.05, 4.69) is 15.0 Å². The topological polar surface area (TPSA) is 78.9 Å². The van der Waals surface area contributed by atoms with E-state index >= 15 is 0 Å². The first kappa shape index (κ1) is 13.3. The van der Waals surface area contributed by atoms with Crippen LogP contribution in [0.2, 0.25) is 0 Å². The number of hydrogen-bond acceptors (Lipinski definition) is 5. The number of nitrogens with two attached hydrogens (primary N) is 1. The monoisotopic (exact) mass is 275 g/mol. The first-order valence-electron chi connectivity index (χ1n) is 7.33. The Kier molecular flexibility index (Phi) is 4.11. The molecule has 0 aliphatic heterocycles. The summed E-state index contributed by atoms with van der Waals surface area (Å²) >= 11 is 0. The van der Waals surface area contributed by atoms with E-state index in [0.29, 0.717) is 11.3 Å². The summed E-state index contributed by atoms with van der Waals surface area (Å²) in [4.78, 5) is 12.4. The van der Waals surface area contributed by atoms with Gasteiger partial charge in [-0.15, -0.1) is 0 Å². The van der Waals surface area contributed by atoms with Crippen LogP contribution in [0.15, 0.2) is 12.7 Å². The van der Waals surface area contributed by atoms with E-state index < -0.39 is 0 Å². The van der Waals surface area contributed by atoms with Gasteiger partial charge in [-0.1, -0.05) is 19.3 Å². The zero-order valence-corrected chi connectivity index (χ0v) is 11.7. The summed E-state index contributed by atoms with van der Waals surface area (Å²) in [5, 5.41) is 0. The Morgan fingerprint density at radius 3 is 2.95 bits per heavy atom. The molecule has 20 heavy (non-hydrogen) atoms. The van der Waals surface area contributed by atoms with Crippen molar-refractivity contribution in [1.82, 2.24) is 19.5 Å². The molecule has 108 valence electrons. The van der Waals surface area contributed by atoms with E-state index in [-0.39, 0.29) is 0 Å². The molecule has 0 amide bonds. The van der Waals surface area contributed by atoms with E-state index in [1.165, 1.54) is 32.0 Å². The Morgan fingerprint density at radius 2 is 2.15 bits per heavy atom. The summed E-state index contributed by atoms with van der Waals surface area (Å²) in [7, 11) is 0. The van der Waals surface area contributed by atoms with Crippen LogP contribution in [-0.2, 0) is 11.3 Å². The highest BCUT2D eigenvalue weighted by molar-refractivity contribution is 5.80. The molecule has 1 aliphatic rings. The fourth-order valence-corrected chi connectivity index (χ4v) is 2.53. The number of imidazole rings is 1. The number of aryl methyl sites for hydroxylation is 1. The molecule has 3 rings (SSSR count). The number of ether oxygens (including phenoxy) is 1. The standard InChI is InChI=1S/C14H21N5O/c15-13-12-14(17-9-16-13)19(10-18-12)6-2-7-20-8-5-11-3-1-4-11/h9-11H,1-8H2,(H2,15,16,17). The van der Waals surface area contributed by atoms with Gasteiger partial charge in [0.25, 0.3) is 0 Å². The maximum absolute atomic E-state index is 5.76. The van der Waals surface area contributed by atoms with Gasteiger partial charge in [0.05, 0.1) is 6.33 Å². The molecule has 1 aliphatic carbocycles. The van der Waals surface area contributed by atoms with Crippen molar-refractivity contribution < 1.29 is 4.74 Å². The molecule has 2 N–H and O–H groups in total. The Hall–Kier alpha value is -1.69. The predicted molar refractivity (Wildman–Crippen MR) is 77.1 cm³/mol. The van der Waals surface area contributed by atoms with Gasteiger partial charge in [0.15, 0.2) is 11.5 Å².